The number of aliphatic imine (C=N–C) groups is 1. The molecule has 0 spiro atoms. The number of aromatic nitrogens is 2. The average Bonchev–Trinajstić information content (AvgIpc) is 3.01. The first kappa shape index (κ1) is 14.4. The molecule has 3 heterocycles. The molecule has 0 fully saturated rings. The third-order valence-corrected chi connectivity index (χ3v) is 4.32. The zero-order valence-corrected chi connectivity index (χ0v) is 13.2. The molecule has 0 saturated carbocycles. The van der Waals surface area contributed by atoms with E-state index in [-0.39, 0.29) is 5.56 Å². The minimum atomic E-state index is -0.148. The first-order chi connectivity index (χ1) is 11.7. The number of nitrogens with one attached hydrogen (secondary N) is 1. The first-order valence-electron chi connectivity index (χ1n) is 7.69. The molecule has 1 aliphatic rings. The summed E-state index contributed by atoms with van der Waals surface area (Å²) in [4.78, 5) is 33.3. The predicted octanol–water partition coefficient (Wildman–Crippen LogP) is 2.36. The third-order valence-electron chi connectivity index (χ3n) is 4.32. The molecule has 0 unspecified atom stereocenters. The predicted molar refractivity (Wildman–Crippen MR) is 94.8 cm³/mol. The number of H-pyrrole nitrogens is 1. The number of pyridine rings is 1. The summed E-state index contributed by atoms with van der Waals surface area (Å²) in [5.41, 5.74) is 3.72. The number of fused-ring (bicyclic) bond motifs is 2. The van der Waals surface area contributed by atoms with E-state index in [0.29, 0.717) is 29.6 Å². The topological polar surface area (TPSA) is 70.5 Å². The molecule has 0 radical (unpaired) electrons. The van der Waals surface area contributed by atoms with Crippen LogP contribution < -0.4 is 10.5 Å². The maximum absolute atomic E-state index is 12.6. The number of anilines is 1. The maximum atomic E-state index is 12.6. The molecular formula is C18H16N4O2. The minimum Gasteiger partial charge on any atom is -0.367 e. The van der Waals surface area contributed by atoms with Crippen LogP contribution in [0.5, 0.6) is 0 Å². The minimum absolute atomic E-state index is 0.148. The average molecular weight is 320 g/mol. The molecule has 2 aromatic heterocycles. The van der Waals surface area contributed by atoms with Crippen LogP contribution in [0.25, 0.3) is 10.9 Å². The Morgan fingerprint density at radius 3 is 2.96 bits per heavy atom. The second kappa shape index (κ2) is 5.49. The molecule has 0 atom stereocenters. The number of aromatic amines is 1. The summed E-state index contributed by atoms with van der Waals surface area (Å²) in [6.07, 6.45) is 4.03. The van der Waals surface area contributed by atoms with Gasteiger partial charge in [0, 0.05) is 30.4 Å². The van der Waals surface area contributed by atoms with Crippen LogP contribution in [0.2, 0.25) is 0 Å². The summed E-state index contributed by atoms with van der Waals surface area (Å²) in [6.45, 7) is 1.09. The summed E-state index contributed by atoms with van der Waals surface area (Å²) in [6, 6.07) is 9.74. The monoisotopic (exact) mass is 320 g/mol. The highest BCUT2D eigenvalue weighted by atomic mass is 16.1. The van der Waals surface area contributed by atoms with E-state index in [1.165, 1.54) is 0 Å². The van der Waals surface area contributed by atoms with Gasteiger partial charge in [-0.25, -0.2) is 0 Å². The Balaban J connectivity index is 1.73. The lowest BCUT2D eigenvalue weighted by molar-refractivity contribution is 0.112. The highest BCUT2D eigenvalue weighted by Crippen LogP contribution is 2.30. The largest absolute Gasteiger partial charge is 0.367 e. The van der Waals surface area contributed by atoms with E-state index in [0.717, 1.165) is 23.4 Å². The molecule has 120 valence electrons. The molecule has 4 rings (SSSR count). The summed E-state index contributed by atoms with van der Waals surface area (Å²) in [5, 5.41) is 0.652. The Bertz CT molecular complexity index is 1030. The van der Waals surface area contributed by atoms with E-state index < -0.39 is 0 Å². The highest BCUT2D eigenvalue weighted by Gasteiger charge is 2.17. The fourth-order valence-electron chi connectivity index (χ4n) is 3.13. The van der Waals surface area contributed by atoms with Gasteiger partial charge in [0.1, 0.15) is 5.52 Å². The van der Waals surface area contributed by atoms with E-state index in [9.17, 15) is 9.59 Å². The van der Waals surface area contributed by atoms with Crippen molar-refractivity contribution in [3.8, 4) is 0 Å². The van der Waals surface area contributed by atoms with Crippen molar-refractivity contribution in [1.82, 2.24) is 9.55 Å². The Morgan fingerprint density at radius 1 is 1.29 bits per heavy atom. The fourth-order valence-corrected chi connectivity index (χ4v) is 3.13. The molecule has 6 heteroatoms. The van der Waals surface area contributed by atoms with Crippen molar-refractivity contribution in [2.24, 2.45) is 4.99 Å². The maximum Gasteiger partial charge on any atom is 0.275 e. The lowest BCUT2D eigenvalue weighted by atomic mass is 10.2. The highest BCUT2D eigenvalue weighted by molar-refractivity contribution is 5.97. The number of carbonyl (C=O) groups is 1. The first-order valence-corrected chi connectivity index (χ1v) is 7.69. The van der Waals surface area contributed by atoms with Gasteiger partial charge in [-0.05, 0) is 18.2 Å². The zero-order valence-electron chi connectivity index (χ0n) is 13.2. The molecule has 1 N–H and O–H groups in total. The summed E-state index contributed by atoms with van der Waals surface area (Å²) < 4.78 is 1.62. The van der Waals surface area contributed by atoms with Crippen molar-refractivity contribution in [3.63, 3.8) is 0 Å². The van der Waals surface area contributed by atoms with E-state index in [1.54, 1.807) is 23.0 Å². The van der Waals surface area contributed by atoms with Gasteiger partial charge in [0.15, 0.2) is 6.29 Å². The molecule has 1 aromatic carbocycles. The van der Waals surface area contributed by atoms with Crippen LogP contribution in [0.15, 0.2) is 52.5 Å². The number of aldehydes is 1. The number of rotatable bonds is 3. The van der Waals surface area contributed by atoms with Crippen molar-refractivity contribution in [2.45, 2.75) is 6.54 Å². The van der Waals surface area contributed by atoms with E-state index in [1.807, 2.05) is 31.3 Å². The molecule has 1 aliphatic heterocycles. The van der Waals surface area contributed by atoms with E-state index >= 15 is 0 Å². The van der Waals surface area contributed by atoms with Gasteiger partial charge in [0.2, 0.25) is 0 Å². The lowest BCUT2D eigenvalue weighted by Gasteiger charge is -2.26. The van der Waals surface area contributed by atoms with Gasteiger partial charge >= 0.3 is 0 Å². The SMILES string of the molecule is CN1CC(Cn2ccc3c(C=O)c[nH]c3c2=O)=Nc2ccccc21. The van der Waals surface area contributed by atoms with Gasteiger partial charge < -0.3 is 14.5 Å². The van der Waals surface area contributed by atoms with Crippen molar-refractivity contribution >= 4 is 34.3 Å². The lowest BCUT2D eigenvalue weighted by Crippen LogP contribution is -2.33. The van der Waals surface area contributed by atoms with Crippen LogP contribution in [-0.4, -0.2) is 35.1 Å². The molecule has 24 heavy (non-hydrogen) atoms. The molecule has 6 nitrogen and oxygen atoms in total. The standard InChI is InChI=1S/C18H16N4O2/c1-21-9-13(20-15-4-2-3-5-16(15)21)10-22-7-6-14-12(11-23)8-19-17(14)18(22)24/h2-8,11,19H,9-10H2,1H3. The Kier molecular flexibility index (Phi) is 3.30. The molecule has 0 saturated heterocycles. The smallest absolute Gasteiger partial charge is 0.275 e. The fraction of sp³-hybridized carbons (Fsp3) is 0.167. The second-order valence-electron chi connectivity index (χ2n) is 5.92. The summed E-state index contributed by atoms with van der Waals surface area (Å²) in [7, 11) is 2.01. The molecule has 0 amide bonds. The van der Waals surface area contributed by atoms with Crippen LogP contribution >= 0.6 is 0 Å². The third kappa shape index (κ3) is 2.23. The van der Waals surface area contributed by atoms with E-state index in [2.05, 4.69) is 14.9 Å². The second-order valence-corrected chi connectivity index (χ2v) is 5.92. The van der Waals surface area contributed by atoms with Crippen LogP contribution in [0.3, 0.4) is 0 Å². The number of nitrogens with zero attached hydrogens (tertiary/aromatic N) is 3. The van der Waals surface area contributed by atoms with Crippen LogP contribution in [0.1, 0.15) is 10.4 Å². The van der Waals surface area contributed by atoms with Crippen molar-refractivity contribution < 1.29 is 4.79 Å². The van der Waals surface area contributed by atoms with Crippen molar-refractivity contribution in [1.29, 1.82) is 0 Å². The Hall–Kier alpha value is -3.15. The van der Waals surface area contributed by atoms with Crippen LogP contribution in [-0.2, 0) is 6.54 Å². The number of benzene rings is 1. The number of hydrogen-bond acceptors (Lipinski definition) is 4. The zero-order chi connectivity index (χ0) is 16.7. The summed E-state index contributed by atoms with van der Waals surface area (Å²) in [5.74, 6) is 0. The van der Waals surface area contributed by atoms with Gasteiger partial charge in [-0.1, -0.05) is 12.1 Å². The van der Waals surface area contributed by atoms with Gasteiger partial charge in [0.05, 0.1) is 30.2 Å². The van der Waals surface area contributed by atoms with Gasteiger partial charge in [0.25, 0.3) is 5.56 Å². The van der Waals surface area contributed by atoms with Gasteiger partial charge in [-0.15, -0.1) is 0 Å². The molecule has 0 bridgehead atoms. The Labute approximate surface area is 138 Å². The Morgan fingerprint density at radius 2 is 2.12 bits per heavy atom. The quantitative estimate of drug-likeness (QED) is 0.753. The van der Waals surface area contributed by atoms with Crippen molar-refractivity contribution in [2.75, 3.05) is 18.5 Å². The van der Waals surface area contributed by atoms with Crippen LogP contribution in [0.4, 0.5) is 11.4 Å². The van der Waals surface area contributed by atoms with Crippen LogP contribution in [0, 0.1) is 0 Å². The molecule has 3 aromatic rings. The normalized spacial score (nSPS) is 13.7. The number of carbonyl (C=O) groups excluding carboxylic acids is 1. The van der Waals surface area contributed by atoms with Gasteiger partial charge in [-0.3, -0.25) is 14.6 Å². The number of para-hydroxylation sites is 2. The van der Waals surface area contributed by atoms with E-state index in [4.69, 9.17) is 0 Å². The number of hydrogen-bond donors (Lipinski definition) is 1. The molecular weight excluding hydrogens is 304 g/mol. The summed E-state index contributed by atoms with van der Waals surface area (Å²) >= 11 is 0. The molecule has 0 aliphatic carbocycles. The van der Waals surface area contributed by atoms with Gasteiger partial charge in [-0.2, -0.15) is 0 Å². The van der Waals surface area contributed by atoms with Crippen molar-refractivity contribution in [3.05, 3.63) is 58.6 Å².